The Labute approximate surface area is 80.3 Å². The van der Waals surface area contributed by atoms with E-state index in [1.54, 1.807) is 6.26 Å². The lowest BCUT2D eigenvalue weighted by Crippen LogP contribution is -2.25. The third kappa shape index (κ3) is 2.88. The van der Waals surface area contributed by atoms with Gasteiger partial charge in [0.25, 0.3) is 0 Å². The predicted molar refractivity (Wildman–Crippen MR) is 54.6 cm³/mol. The molecule has 0 saturated carbocycles. The van der Waals surface area contributed by atoms with Crippen molar-refractivity contribution >= 4 is 0 Å². The number of nitrogens with one attached hydrogen (secondary N) is 1. The molecule has 2 nitrogen and oxygen atoms in total. The highest BCUT2D eigenvalue weighted by atomic mass is 16.3. The maximum Gasteiger partial charge on any atom is 0.120 e. The van der Waals surface area contributed by atoms with Crippen LogP contribution in [0.25, 0.3) is 0 Å². The summed E-state index contributed by atoms with van der Waals surface area (Å²) >= 11 is 0. The van der Waals surface area contributed by atoms with Gasteiger partial charge in [-0.3, -0.25) is 0 Å². The fourth-order valence-electron chi connectivity index (χ4n) is 1.43. The second kappa shape index (κ2) is 5.07. The minimum Gasteiger partial charge on any atom is -0.468 e. The summed E-state index contributed by atoms with van der Waals surface area (Å²) < 4.78 is 5.39. The van der Waals surface area contributed by atoms with Crippen molar-refractivity contribution in [2.45, 2.75) is 33.2 Å². The van der Waals surface area contributed by atoms with Gasteiger partial charge in [-0.15, -0.1) is 0 Å². The Balaban J connectivity index is 2.58. The van der Waals surface area contributed by atoms with Crippen molar-refractivity contribution in [1.29, 1.82) is 0 Å². The molecular weight excluding hydrogens is 162 g/mol. The average Bonchev–Trinajstić information content (AvgIpc) is 2.57. The van der Waals surface area contributed by atoms with Crippen LogP contribution in [-0.2, 0) is 0 Å². The van der Waals surface area contributed by atoms with Crippen molar-refractivity contribution in [2.75, 3.05) is 6.54 Å². The number of furan rings is 1. The SMILES string of the molecule is CCCNC(c1ccco1)C(C)C. The summed E-state index contributed by atoms with van der Waals surface area (Å²) in [6.07, 6.45) is 2.89. The Kier molecular flexibility index (Phi) is 4.03. The Morgan fingerprint density at radius 3 is 2.69 bits per heavy atom. The Bertz CT molecular complexity index is 216. The maximum atomic E-state index is 5.39. The lowest BCUT2D eigenvalue weighted by atomic mass is 10.0. The molecule has 1 N–H and O–H groups in total. The first-order valence-corrected chi connectivity index (χ1v) is 5.02. The first kappa shape index (κ1) is 10.3. The quantitative estimate of drug-likeness (QED) is 0.755. The van der Waals surface area contributed by atoms with Gasteiger partial charge >= 0.3 is 0 Å². The normalized spacial score (nSPS) is 13.5. The molecular formula is C11H19NO. The molecule has 0 aliphatic carbocycles. The fraction of sp³-hybridized carbons (Fsp3) is 0.636. The number of rotatable bonds is 5. The minimum atomic E-state index is 0.356. The van der Waals surface area contributed by atoms with Gasteiger partial charge in [-0.2, -0.15) is 0 Å². The smallest absolute Gasteiger partial charge is 0.120 e. The summed E-state index contributed by atoms with van der Waals surface area (Å²) in [6.45, 7) is 7.63. The minimum absolute atomic E-state index is 0.356. The van der Waals surface area contributed by atoms with Crippen LogP contribution in [0.3, 0.4) is 0 Å². The predicted octanol–water partition coefficient (Wildman–Crippen LogP) is 2.98. The van der Waals surface area contributed by atoms with E-state index in [4.69, 9.17) is 4.42 Å². The van der Waals surface area contributed by atoms with Crippen molar-refractivity contribution in [2.24, 2.45) is 5.92 Å². The molecule has 0 amide bonds. The van der Waals surface area contributed by atoms with Gasteiger partial charge in [-0.25, -0.2) is 0 Å². The average molecular weight is 181 g/mol. The van der Waals surface area contributed by atoms with Crippen molar-refractivity contribution in [1.82, 2.24) is 5.32 Å². The van der Waals surface area contributed by atoms with E-state index in [2.05, 4.69) is 26.1 Å². The summed E-state index contributed by atoms with van der Waals surface area (Å²) in [5.41, 5.74) is 0. The van der Waals surface area contributed by atoms with Crippen LogP contribution in [-0.4, -0.2) is 6.54 Å². The maximum absolute atomic E-state index is 5.39. The summed E-state index contributed by atoms with van der Waals surface area (Å²) in [5.74, 6) is 1.61. The molecule has 74 valence electrons. The molecule has 0 saturated heterocycles. The Morgan fingerprint density at radius 2 is 2.23 bits per heavy atom. The summed E-state index contributed by atoms with van der Waals surface area (Å²) in [4.78, 5) is 0. The molecule has 0 bridgehead atoms. The van der Waals surface area contributed by atoms with E-state index in [9.17, 15) is 0 Å². The zero-order valence-electron chi connectivity index (χ0n) is 8.71. The zero-order chi connectivity index (χ0) is 9.68. The highest BCUT2D eigenvalue weighted by Crippen LogP contribution is 2.21. The monoisotopic (exact) mass is 181 g/mol. The molecule has 1 rings (SSSR count). The number of hydrogen-bond acceptors (Lipinski definition) is 2. The van der Waals surface area contributed by atoms with Crippen LogP contribution in [0, 0.1) is 5.92 Å². The molecule has 0 radical (unpaired) electrons. The zero-order valence-corrected chi connectivity index (χ0v) is 8.71. The van der Waals surface area contributed by atoms with Crippen molar-refractivity contribution < 1.29 is 4.42 Å². The summed E-state index contributed by atoms with van der Waals surface area (Å²) in [6, 6.07) is 4.33. The first-order valence-electron chi connectivity index (χ1n) is 5.02. The van der Waals surface area contributed by atoms with Crippen LogP contribution in [0.4, 0.5) is 0 Å². The lowest BCUT2D eigenvalue weighted by Gasteiger charge is -2.19. The molecule has 1 unspecified atom stereocenters. The molecule has 0 aliphatic rings. The molecule has 0 spiro atoms. The molecule has 0 aromatic carbocycles. The van der Waals surface area contributed by atoms with Gasteiger partial charge in [-0.1, -0.05) is 20.8 Å². The molecule has 0 fully saturated rings. The summed E-state index contributed by atoms with van der Waals surface area (Å²) in [5, 5.41) is 3.48. The van der Waals surface area contributed by atoms with Crippen molar-refractivity contribution in [3.63, 3.8) is 0 Å². The van der Waals surface area contributed by atoms with Gasteiger partial charge in [0.15, 0.2) is 0 Å². The van der Waals surface area contributed by atoms with Crippen molar-refractivity contribution in [3.05, 3.63) is 24.2 Å². The molecule has 1 aromatic heterocycles. The summed E-state index contributed by atoms with van der Waals surface area (Å²) in [7, 11) is 0. The molecule has 13 heavy (non-hydrogen) atoms. The van der Waals surface area contributed by atoms with E-state index < -0.39 is 0 Å². The van der Waals surface area contributed by atoms with Crippen LogP contribution >= 0.6 is 0 Å². The van der Waals surface area contributed by atoms with Crippen molar-refractivity contribution in [3.8, 4) is 0 Å². The van der Waals surface area contributed by atoms with E-state index in [-0.39, 0.29) is 0 Å². The van der Waals surface area contributed by atoms with Gasteiger partial charge < -0.3 is 9.73 Å². The van der Waals surface area contributed by atoms with Gasteiger partial charge in [0.2, 0.25) is 0 Å². The Morgan fingerprint density at radius 1 is 1.46 bits per heavy atom. The highest BCUT2D eigenvalue weighted by molar-refractivity contribution is 5.05. The standard InChI is InChI=1S/C11H19NO/c1-4-7-12-11(9(2)3)10-6-5-8-13-10/h5-6,8-9,11-12H,4,7H2,1-3H3. The van der Waals surface area contributed by atoms with E-state index in [0.717, 1.165) is 18.7 Å². The van der Waals surface area contributed by atoms with Crippen LogP contribution < -0.4 is 5.32 Å². The van der Waals surface area contributed by atoms with Gasteiger partial charge in [0, 0.05) is 0 Å². The van der Waals surface area contributed by atoms with Crippen LogP contribution in [0.2, 0.25) is 0 Å². The van der Waals surface area contributed by atoms with Crippen LogP contribution in [0.1, 0.15) is 39.0 Å². The second-order valence-corrected chi connectivity index (χ2v) is 3.69. The van der Waals surface area contributed by atoms with E-state index in [1.807, 2.05) is 12.1 Å². The van der Waals surface area contributed by atoms with Gasteiger partial charge in [0.1, 0.15) is 5.76 Å². The molecule has 2 heteroatoms. The van der Waals surface area contributed by atoms with Crippen LogP contribution in [0.5, 0.6) is 0 Å². The van der Waals surface area contributed by atoms with Gasteiger partial charge in [-0.05, 0) is 31.0 Å². The van der Waals surface area contributed by atoms with E-state index >= 15 is 0 Å². The molecule has 1 aromatic rings. The molecule has 1 heterocycles. The lowest BCUT2D eigenvalue weighted by molar-refractivity contribution is 0.342. The first-order chi connectivity index (χ1) is 6.25. The molecule has 1 atom stereocenters. The van der Waals surface area contributed by atoms with Gasteiger partial charge in [0.05, 0.1) is 12.3 Å². The third-order valence-corrected chi connectivity index (χ3v) is 2.13. The fourth-order valence-corrected chi connectivity index (χ4v) is 1.43. The Hall–Kier alpha value is -0.760. The van der Waals surface area contributed by atoms with E-state index in [0.29, 0.717) is 12.0 Å². The number of hydrogen-bond donors (Lipinski definition) is 1. The largest absolute Gasteiger partial charge is 0.468 e. The third-order valence-electron chi connectivity index (χ3n) is 2.13. The highest BCUT2D eigenvalue weighted by Gasteiger charge is 2.16. The topological polar surface area (TPSA) is 25.2 Å². The molecule has 0 aliphatic heterocycles. The van der Waals surface area contributed by atoms with Crippen LogP contribution in [0.15, 0.2) is 22.8 Å². The van der Waals surface area contributed by atoms with E-state index in [1.165, 1.54) is 0 Å². The second-order valence-electron chi connectivity index (χ2n) is 3.69.